The molecule has 10 heteroatoms. The minimum Gasteiger partial charge on any atom is -0.495 e. The minimum absolute atomic E-state index is 0.0583. The molecule has 0 spiro atoms. The van der Waals surface area contributed by atoms with Crippen LogP contribution in [0.15, 0.2) is 47.4 Å². The van der Waals surface area contributed by atoms with Crippen LogP contribution >= 0.6 is 0 Å². The van der Waals surface area contributed by atoms with E-state index in [0.717, 1.165) is 38.0 Å². The summed E-state index contributed by atoms with van der Waals surface area (Å²) in [5.74, 6) is 0.212. The first-order valence-corrected chi connectivity index (χ1v) is 14.0. The Labute approximate surface area is 190 Å². The van der Waals surface area contributed by atoms with Gasteiger partial charge in [0.05, 0.1) is 18.6 Å². The number of benzene rings is 2. The number of sulfonamides is 2. The molecule has 0 aliphatic carbocycles. The second kappa shape index (κ2) is 9.19. The molecule has 174 valence electrons. The lowest BCUT2D eigenvalue weighted by atomic mass is 10.1. The maximum Gasteiger partial charge on any atom is 0.265 e. The van der Waals surface area contributed by atoms with Crippen molar-refractivity contribution in [2.75, 3.05) is 46.4 Å². The topological polar surface area (TPSA) is 96.0 Å². The Bertz CT molecular complexity index is 1160. The molecule has 2 saturated heterocycles. The van der Waals surface area contributed by atoms with Gasteiger partial charge in [0.25, 0.3) is 10.0 Å². The maximum atomic E-state index is 13.2. The van der Waals surface area contributed by atoms with E-state index >= 15 is 0 Å². The van der Waals surface area contributed by atoms with Crippen molar-refractivity contribution in [3.8, 4) is 5.75 Å². The van der Waals surface area contributed by atoms with Crippen LogP contribution in [-0.2, 0) is 20.0 Å². The van der Waals surface area contributed by atoms with Crippen LogP contribution in [0.5, 0.6) is 5.75 Å². The van der Waals surface area contributed by atoms with Gasteiger partial charge in [0, 0.05) is 31.0 Å². The third-order valence-electron chi connectivity index (χ3n) is 5.91. The van der Waals surface area contributed by atoms with Crippen LogP contribution in [0.1, 0.15) is 32.1 Å². The van der Waals surface area contributed by atoms with Crippen LogP contribution in [0.25, 0.3) is 0 Å². The first kappa shape index (κ1) is 22.7. The molecule has 2 heterocycles. The highest BCUT2D eigenvalue weighted by Gasteiger charge is 2.29. The predicted octanol–water partition coefficient (Wildman–Crippen LogP) is 3.42. The second-order valence-corrected chi connectivity index (χ2v) is 11.8. The summed E-state index contributed by atoms with van der Waals surface area (Å²) in [7, 11) is -6.07. The normalized spacial score (nSPS) is 18.9. The van der Waals surface area contributed by atoms with Crippen molar-refractivity contribution in [2.45, 2.75) is 37.0 Å². The molecule has 0 saturated carbocycles. The number of piperidine rings is 1. The first-order chi connectivity index (χ1) is 15.3. The van der Waals surface area contributed by atoms with Gasteiger partial charge >= 0.3 is 0 Å². The zero-order chi connectivity index (χ0) is 22.8. The Morgan fingerprint density at radius 2 is 1.53 bits per heavy atom. The van der Waals surface area contributed by atoms with Gasteiger partial charge in [-0.3, -0.25) is 9.03 Å². The molecule has 0 radical (unpaired) electrons. The van der Waals surface area contributed by atoms with E-state index in [1.807, 2.05) is 12.1 Å². The van der Waals surface area contributed by atoms with Crippen molar-refractivity contribution in [3.05, 3.63) is 42.5 Å². The lowest BCUT2D eigenvalue weighted by molar-refractivity contribution is 0.403. The number of hydrogen-bond acceptors (Lipinski definition) is 6. The third kappa shape index (κ3) is 4.80. The number of nitrogens with zero attached hydrogens (tertiary/aromatic N) is 2. The summed E-state index contributed by atoms with van der Waals surface area (Å²) < 4.78 is 60.5. The summed E-state index contributed by atoms with van der Waals surface area (Å²) in [6, 6.07) is 11.8. The van der Waals surface area contributed by atoms with Crippen molar-refractivity contribution >= 4 is 37.1 Å². The number of methoxy groups -OCH3 is 1. The number of hydrogen-bond donors (Lipinski definition) is 1. The smallest absolute Gasteiger partial charge is 0.265 e. The van der Waals surface area contributed by atoms with Crippen LogP contribution in [0.4, 0.5) is 17.1 Å². The highest BCUT2D eigenvalue weighted by Crippen LogP contribution is 2.33. The van der Waals surface area contributed by atoms with Crippen LogP contribution in [0, 0.1) is 0 Å². The zero-order valence-electron chi connectivity index (χ0n) is 18.2. The average molecular weight is 480 g/mol. The molecule has 2 aromatic rings. The Hall–Kier alpha value is -2.46. The van der Waals surface area contributed by atoms with Crippen molar-refractivity contribution < 1.29 is 21.6 Å². The van der Waals surface area contributed by atoms with Crippen molar-refractivity contribution in [1.29, 1.82) is 0 Å². The molecule has 4 rings (SSSR count). The number of anilines is 3. The Balaban J connectivity index is 1.60. The molecule has 0 bridgehead atoms. The molecule has 2 fully saturated rings. The molecule has 2 aliphatic rings. The third-order valence-corrected chi connectivity index (χ3v) is 9.19. The fraction of sp³-hybridized carbons (Fsp3) is 0.455. The van der Waals surface area contributed by atoms with Crippen LogP contribution in [0.2, 0.25) is 0 Å². The van der Waals surface area contributed by atoms with E-state index in [0.29, 0.717) is 24.3 Å². The summed E-state index contributed by atoms with van der Waals surface area (Å²) in [6.45, 7) is 2.35. The lowest BCUT2D eigenvalue weighted by Crippen LogP contribution is -2.37. The molecule has 8 nitrogen and oxygen atoms in total. The summed E-state index contributed by atoms with van der Waals surface area (Å²) in [5.41, 5.74) is 1.83. The fourth-order valence-electron chi connectivity index (χ4n) is 4.21. The van der Waals surface area contributed by atoms with Crippen LogP contribution < -0.4 is 18.7 Å². The van der Waals surface area contributed by atoms with Gasteiger partial charge in [-0.1, -0.05) is 0 Å². The lowest BCUT2D eigenvalue weighted by Gasteiger charge is -2.29. The van der Waals surface area contributed by atoms with Gasteiger partial charge in [-0.05, 0) is 74.6 Å². The van der Waals surface area contributed by atoms with Gasteiger partial charge in [-0.15, -0.1) is 0 Å². The Kier molecular flexibility index (Phi) is 6.52. The summed E-state index contributed by atoms with van der Waals surface area (Å²) in [5, 5.41) is 0. The zero-order valence-corrected chi connectivity index (χ0v) is 19.8. The molecule has 2 aliphatic heterocycles. The highest BCUT2D eigenvalue weighted by molar-refractivity contribution is 7.93. The van der Waals surface area contributed by atoms with Gasteiger partial charge in [0.2, 0.25) is 10.0 Å². The van der Waals surface area contributed by atoms with Gasteiger partial charge < -0.3 is 9.64 Å². The molecule has 0 aromatic heterocycles. The summed E-state index contributed by atoms with van der Waals surface area (Å²) in [4.78, 5) is 2.20. The average Bonchev–Trinajstić information content (AvgIpc) is 2.79. The van der Waals surface area contributed by atoms with Crippen LogP contribution in [0.3, 0.4) is 0 Å². The van der Waals surface area contributed by atoms with Crippen molar-refractivity contribution in [1.82, 2.24) is 0 Å². The molecule has 2 aromatic carbocycles. The van der Waals surface area contributed by atoms with Crippen molar-refractivity contribution in [2.24, 2.45) is 0 Å². The number of ether oxygens (including phenoxy) is 1. The summed E-state index contributed by atoms with van der Waals surface area (Å²) in [6.07, 6.45) is 4.91. The van der Waals surface area contributed by atoms with E-state index in [9.17, 15) is 16.8 Å². The minimum atomic E-state index is -4.00. The SMILES string of the molecule is COc1ccc(N2CCCCS2(=O)=O)cc1S(=O)(=O)Nc1ccc(N2CCCCC2)cc1. The number of rotatable bonds is 6. The molecular formula is C22H29N3O5S2. The van der Waals surface area contributed by atoms with Gasteiger partial charge in [0.1, 0.15) is 10.6 Å². The Morgan fingerprint density at radius 1 is 0.875 bits per heavy atom. The van der Waals surface area contributed by atoms with Crippen molar-refractivity contribution in [3.63, 3.8) is 0 Å². The molecule has 1 N–H and O–H groups in total. The molecule has 32 heavy (non-hydrogen) atoms. The maximum absolute atomic E-state index is 13.2. The fourth-order valence-corrected chi connectivity index (χ4v) is 7.09. The quantitative estimate of drug-likeness (QED) is 0.682. The van der Waals surface area contributed by atoms with Gasteiger partial charge in [0.15, 0.2) is 0 Å². The van der Waals surface area contributed by atoms with E-state index in [-0.39, 0.29) is 16.4 Å². The largest absolute Gasteiger partial charge is 0.495 e. The molecule has 0 atom stereocenters. The van der Waals surface area contributed by atoms with E-state index in [4.69, 9.17) is 4.74 Å². The molecule has 0 amide bonds. The Morgan fingerprint density at radius 3 is 2.19 bits per heavy atom. The van der Waals surface area contributed by atoms with Gasteiger partial charge in [-0.2, -0.15) is 0 Å². The summed E-state index contributed by atoms with van der Waals surface area (Å²) >= 11 is 0. The first-order valence-electron chi connectivity index (χ1n) is 10.9. The standard InChI is InChI=1S/C22H29N3O5S2/c1-30-21-12-11-20(25-15-5-6-16-31(25,26)27)17-22(21)32(28,29)23-18-7-9-19(10-8-18)24-13-3-2-4-14-24/h7-12,17,23H,2-6,13-16H2,1H3. The van der Waals surface area contributed by atoms with E-state index < -0.39 is 20.0 Å². The monoisotopic (exact) mass is 479 g/mol. The number of nitrogens with one attached hydrogen (secondary N) is 1. The van der Waals surface area contributed by atoms with E-state index in [2.05, 4.69) is 9.62 Å². The van der Waals surface area contributed by atoms with Gasteiger partial charge in [-0.25, -0.2) is 16.8 Å². The van der Waals surface area contributed by atoms with E-state index in [1.165, 1.54) is 30.0 Å². The highest BCUT2D eigenvalue weighted by atomic mass is 32.2. The predicted molar refractivity (Wildman–Crippen MR) is 127 cm³/mol. The molecule has 0 unspecified atom stereocenters. The van der Waals surface area contributed by atoms with E-state index in [1.54, 1.807) is 18.2 Å². The second-order valence-electron chi connectivity index (χ2n) is 8.13. The molecular weight excluding hydrogens is 450 g/mol. The van der Waals surface area contributed by atoms with Crippen LogP contribution in [-0.4, -0.2) is 49.3 Å².